The Hall–Kier alpha value is -3.35. The zero-order valence-electron chi connectivity index (χ0n) is 19.2. The molecule has 2 aliphatic carbocycles. The van der Waals surface area contributed by atoms with Crippen molar-refractivity contribution in [3.8, 4) is 11.1 Å². The lowest BCUT2D eigenvalue weighted by Gasteiger charge is -2.38. The molecule has 1 saturated carbocycles. The van der Waals surface area contributed by atoms with Gasteiger partial charge in [-0.2, -0.15) is 0 Å². The average molecular weight is 463 g/mol. The minimum atomic E-state index is -1.01. The summed E-state index contributed by atoms with van der Waals surface area (Å²) in [5.74, 6) is -1.65. The molecule has 3 aliphatic rings. The number of alkyl carbamates (subject to hydrolysis) is 1. The van der Waals surface area contributed by atoms with Crippen molar-refractivity contribution in [3.05, 3.63) is 59.7 Å². The maximum atomic E-state index is 13.5. The van der Waals surface area contributed by atoms with E-state index in [0.29, 0.717) is 32.2 Å². The van der Waals surface area contributed by atoms with E-state index >= 15 is 0 Å². The van der Waals surface area contributed by atoms with E-state index in [1.54, 1.807) is 4.90 Å². The lowest BCUT2D eigenvalue weighted by molar-refractivity contribution is -0.147. The highest BCUT2D eigenvalue weighted by molar-refractivity contribution is 5.91. The van der Waals surface area contributed by atoms with Gasteiger partial charge in [-0.25, -0.2) is 4.79 Å². The highest BCUT2D eigenvalue weighted by Crippen LogP contribution is 2.44. The fourth-order valence-corrected chi connectivity index (χ4v) is 5.87. The van der Waals surface area contributed by atoms with Crippen LogP contribution < -0.4 is 5.32 Å². The van der Waals surface area contributed by atoms with Crippen molar-refractivity contribution in [1.29, 1.82) is 0 Å². The maximum absolute atomic E-state index is 13.5. The number of carbonyl (C=O) groups excluding carboxylic acids is 2. The number of carbonyl (C=O) groups is 3. The van der Waals surface area contributed by atoms with Crippen LogP contribution >= 0.6 is 0 Å². The number of aliphatic carboxylic acids is 1. The third kappa shape index (κ3) is 4.04. The molecule has 2 fully saturated rings. The molecule has 2 amide bonds. The second-order valence-electron chi connectivity index (χ2n) is 9.67. The van der Waals surface area contributed by atoms with E-state index in [1.807, 2.05) is 24.3 Å². The number of nitrogens with zero attached hydrogens (tertiary/aromatic N) is 1. The highest BCUT2D eigenvalue weighted by Gasteiger charge is 2.46. The number of rotatable bonds is 5. The summed E-state index contributed by atoms with van der Waals surface area (Å²) in [5, 5.41) is 12.3. The quantitative estimate of drug-likeness (QED) is 0.696. The van der Waals surface area contributed by atoms with Gasteiger partial charge in [-0.15, -0.1) is 0 Å². The Morgan fingerprint density at radius 2 is 1.59 bits per heavy atom. The van der Waals surface area contributed by atoms with Crippen molar-refractivity contribution in [2.45, 2.75) is 50.0 Å². The molecule has 2 N–H and O–H groups in total. The largest absolute Gasteiger partial charge is 0.481 e. The molecule has 0 bridgehead atoms. The fourth-order valence-electron chi connectivity index (χ4n) is 5.87. The van der Waals surface area contributed by atoms with Crippen LogP contribution in [0.25, 0.3) is 11.1 Å². The van der Waals surface area contributed by atoms with E-state index in [1.165, 1.54) is 0 Å². The SMILES string of the molecule is O=C(NC1(C(=O)N2CCC[C@H](C(=O)O)C2)CCCC1)OCC1c2ccccc2-c2ccccc21. The highest BCUT2D eigenvalue weighted by atomic mass is 16.5. The van der Waals surface area contributed by atoms with Gasteiger partial charge in [0.05, 0.1) is 5.92 Å². The first-order valence-corrected chi connectivity index (χ1v) is 12.1. The number of carboxylic acid groups (broad SMARTS) is 1. The molecule has 0 aromatic heterocycles. The molecule has 2 aromatic rings. The minimum absolute atomic E-state index is 0.0493. The Labute approximate surface area is 199 Å². The molecule has 178 valence electrons. The molecule has 1 saturated heterocycles. The number of nitrogens with one attached hydrogen (secondary N) is 1. The number of hydrogen-bond donors (Lipinski definition) is 2. The van der Waals surface area contributed by atoms with Crippen LogP contribution in [0.5, 0.6) is 0 Å². The van der Waals surface area contributed by atoms with E-state index in [0.717, 1.165) is 35.1 Å². The Kier molecular flexibility index (Phi) is 6.02. The van der Waals surface area contributed by atoms with Gasteiger partial charge in [-0.1, -0.05) is 61.4 Å². The molecule has 0 unspecified atom stereocenters. The summed E-state index contributed by atoms with van der Waals surface area (Å²) in [6, 6.07) is 16.3. The molecule has 2 aromatic carbocycles. The van der Waals surface area contributed by atoms with Crippen LogP contribution in [-0.2, 0) is 14.3 Å². The summed E-state index contributed by atoms with van der Waals surface area (Å²) in [6.07, 6.45) is 3.41. The number of ether oxygens (including phenoxy) is 1. The summed E-state index contributed by atoms with van der Waals surface area (Å²) in [4.78, 5) is 39.5. The van der Waals surface area contributed by atoms with Gasteiger partial charge in [-0.3, -0.25) is 9.59 Å². The normalized spacial score (nSPS) is 20.9. The number of hydrogen-bond acceptors (Lipinski definition) is 4. The van der Waals surface area contributed by atoms with Crippen molar-refractivity contribution in [3.63, 3.8) is 0 Å². The Morgan fingerprint density at radius 3 is 2.21 bits per heavy atom. The minimum Gasteiger partial charge on any atom is -0.481 e. The van der Waals surface area contributed by atoms with E-state index in [9.17, 15) is 19.5 Å². The van der Waals surface area contributed by atoms with Gasteiger partial charge in [0.15, 0.2) is 0 Å². The predicted molar refractivity (Wildman–Crippen MR) is 126 cm³/mol. The first-order chi connectivity index (χ1) is 16.5. The second kappa shape index (κ2) is 9.12. The number of carboxylic acids is 1. The Balaban J connectivity index is 1.28. The number of likely N-dealkylation sites (tertiary alicyclic amines) is 1. The van der Waals surface area contributed by atoms with Crippen LogP contribution in [0.2, 0.25) is 0 Å². The van der Waals surface area contributed by atoms with Crippen LogP contribution in [0.15, 0.2) is 48.5 Å². The van der Waals surface area contributed by atoms with Crippen molar-refractivity contribution in [2.24, 2.45) is 5.92 Å². The second-order valence-corrected chi connectivity index (χ2v) is 9.67. The molecule has 0 radical (unpaired) electrons. The maximum Gasteiger partial charge on any atom is 0.408 e. The predicted octanol–water partition coefficient (Wildman–Crippen LogP) is 4.16. The van der Waals surface area contributed by atoms with Gasteiger partial charge in [0, 0.05) is 19.0 Å². The van der Waals surface area contributed by atoms with E-state index < -0.39 is 23.5 Å². The molecule has 7 nitrogen and oxygen atoms in total. The molecule has 7 heteroatoms. The van der Waals surface area contributed by atoms with Gasteiger partial charge >= 0.3 is 12.1 Å². The van der Waals surface area contributed by atoms with Crippen LogP contribution in [0.1, 0.15) is 55.6 Å². The molecular weight excluding hydrogens is 432 g/mol. The third-order valence-corrected chi connectivity index (χ3v) is 7.61. The van der Waals surface area contributed by atoms with E-state index in [4.69, 9.17) is 4.74 Å². The topological polar surface area (TPSA) is 95.9 Å². The Bertz CT molecular complexity index is 1060. The van der Waals surface area contributed by atoms with Gasteiger partial charge < -0.3 is 20.1 Å². The van der Waals surface area contributed by atoms with Crippen LogP contribution in [0, 0.1) is 5.92 Å². The zero-order chi connectivity index (χ0) is 23.7. The molecule has 34 heavy (non-hydrogen) atoms. The molecule has 1 atom stereocenters. The zero-order valence-corrected chi connectivity index (χ0v) is 19.2. The third-order valence-electron chi connectivity index (χ3n) is 7.61. The van der Waals surface area contributed by atoms with Crippen LogP contribution in [0.3, 0.4) is 0 Å². The standard InChI is InChI=1S/C27H30N2O5/c30-24(31)18-8-7-15-29(16-18)25(32)27(13-5-6-14-27)28-26(33)34-17-23-21-11-3-1-9-19(21)20-10-2-4-12-22(20)23/h1-4,9-12,18,23H,5-8,13-17H2,(H,28,33)(H,30,31)/t18-/m0/s1. The molecular formula is C27H30N2O5. The molecule has 1 aliphatic heterocycles. The van der Waals surface area contributed by atoms with Crippen LogP contribution in [-0.4, -0.2) is 53.2 Å². The lowest BCUT2D eigenvalue weighted by atomic mass is 9.92. The van der Waals surface area contributed by atoms with Gasteiger partial charge in [0.25, 0.3) is 0 Å². The van der Waals surface area contributed by atoms with E-state index in [2.05, 4.69) is 29.6 Å². The fraction of sp³-hybridized carbons (Fsp3) is 0.444. The molecule has 1 heterocycles. The lowest BCUT2D eigenvalue weighted by Crippen LogP contribution is -2.60. The summed E-state index contributed by atoms with van der Waals surface area (Å²) in [7, 11) is 0. The van der Waals surface area contributed by atoms with Crippen molar-refractivity contribution in [2.75, 3.05) is 19.7 Å². The first-order valence-electron chi connectivity index (χ1n) is 12.1. The molecule has 5 rings (SSSR count). The average Bonchev–Trinajstić information content (AvgIpc) is 3.46. The summed E-state index contributed by atoms with van der Waals surface area (Å²) < 4.78 is 5.71. The number of benzene rings is 2. The van der Waals surface area contributed by atoms with Gasteiger partial charge in [0.1, 0.15) is 12.1 Å². The Morgan fingerprint density at radius 1 is 0.971 bits per heavy atom. The van der Waals surface area contributed by atoms with E-state index in [-0.39, 0.29) is 25.0 Å². The van der Waals surface area contributed by atoms with Gasteiger partial charge in [0.2, 0.25) is 5.91 Å². The van der Waals surface area contributed by atoms with Crippen molar-refractivity contribution < 1.29 is 24.2 Å². The van der Waals surface area contributed by atoms with Gasteiger partial charge in [-0.05, 0) is 47.9 Å². The number of piperidine rings is 1. The first kappa shape index (κ1) is 22.4. The number of amides is 2. The smallest absolute Gasteiger partial charge is 0.408 e. The van der Waals surface area contributed by atoms with Crippen molar-refractivity contribution >= 4 is 18.0 Å². The number of fused-ring (bicyclic) bond motifs is 3. The monoisotopic (exact) mass is 462 g/mol. The summed E-state index contributed by atoms with van der Waals surface area (Å²) >= 11 is 0. The van der Waals surface area contributed by atoms with Crippen LogP contribution in [0.4, 0.5) is 4.79 Å². The van der Waals surface area contributed by atoms with Crippen molar-refractivity contribution in [1.82, 2.24) is 10.2 Å². The summed E-state index contributed by atoms with van der Waals surface area (Å²) in [5.41, 5.74) is 3.58. The summed E-state index contributed by atoms with van der Waals surface area (Å²) in [6.45, 7) is 0.911. The molecule has 0 spiro atoms.